The van der Waals surface area contributed by atoms with E-state index < -0.39 is 16.1 Å². The van der Waals surface area contributed by atoms with E-state index in [9.17, 15) is 23.6 Å². The highest BCUT2D eigenvalue weighted by Gasteiger charge is 2.27. The number of anilines is 1. The Morgan fingerprint density at radius 1 is 1.07 bits per heavy atom. The largest absolute Gasteiger partial charge is 0.465 e. The average molecular weight is 657 g/mol. The Morgan fingerprint density at radius 2 is 1.83 bits per heavy atom. The first-order valence-corrected chi connectivity index (χ1v) is 16.6. The number of ether oxygens (including phenoxy) is 1. The normalized spacial score (nSPS) is 12.2. The monoisotopic (exact) mass is 656 g/mol. The number of thiazole rings is 1. The highest BCUT2D eigenvalue weighted by Crippen LogP contribution is 2.39. The molecule has 3 N–H and O–H groups in total. The van der Waals surface area contributed by atoms with Crippen molar-refractivity contribution in [3.63, 3.8) is 0 Å². The molecule has 13 heteroatoms. The van der Waals surface area contributed by atoms with Crippen molar-refractivity contribution in [2.75, 3.05) is 4.72 Å². The summed E-state index contributed by atoms with van der Waals surface area (Å²) in [5, 5.41) is 28.3. The predicted molar refractivity (Wildman–Crippen MR) is 176 cm³/mol. The van der Waals surface area contributed by atoms with Crippen LogP contribution >= 0.6 is 11.3 Å². The number of sulfonamides is 1. The number of carbonyl (C=O) groups is 1. The molecule has 0 aliphatic heterocycles. The number of carboxylic acid groups (broad SMARTS) is 1. The number of nitrogens with one attached hydrogen (secondary N) is 2. The molecule has 1 amide bonds. The number of amides is 1. The molecule has 5 rings (SSSR count). The Hall–Kier alpha value is -5.19. The van der Waals surface area contributed by atoms with E-state index in [1.165, 1.54) is 24.4 Å². The van der Waals surface area contributed by atoms with Crippen LogP contribution < -0.4 is 14.8 Å². The summed E-state index contributed by atoms with van der Waals surface area (Å²) in [6.07, 6.45) is 2.56. The molecule has 0 aliphatic carbocycles. The summed E-state index contributed by atoms with van der Waals surface area (Å²) in [6.45, 7) is 5.99. The maximum Gasteiger partial charge on any atom is 0.404 e. The minimum absolute atomic E-state index is 0.0338. The Morgan fingerprint density at radius 3 is 2.48 bits per heavy atom. The van der Waals surface area contributed by atoms with Gasteiger partial charge in [0.2, 0.25) is 0 Å². The van der Waals surface area contributed by atoms with Crippen molar-refractivity contribution in [2.24, 2.45) is 12.5 Å². The van der Waals surface area contributed by atoms with E-state index in [-0.39, 0.29) is 32.8 Å². The molecule has 0 fully saturated rings. The van der Waals surface area contributed by atoms with Gasteiger partial charge in [0, 0.05) is 36.4 Å². The molecule has 236 valence electrons. The second kappa shape index (κ2) is 13.0. The molecule has 0 spiro atoms. The molecule has 46 heavy (non-hydrogen) atoms. The van der Waals surface area contributed by atoms with Gasteiger partial charge in [-0.15, -0.1) is 11.3 Å². The summed E-state index contributed by atoms with van der Waals surface area (Å²) in [7, 11) is -2.17. The molecule has 0 bridgehead atoms. The molecule has 0 saturated carbocycles. The molecule has 0 saturated heterocycles. The molecule has 3 aromatic carbocycles. The summed E-state index contributed by atoms with van der Waals surface area (Å²) in [4.78, 5) is 15.4. The van der Waals surface area contributed by atoms with Crippen LogP contribution in [0.1, 0.15) is 31.9 Å². The lowest BCUT2D eigenvalue weighted by Gasteiger charge is -2.31. The summed E-state index contributed by atoms with van der Waals surface area (Å²) in [6, 6.07) is 21.1. The standard InChI is InChI=1S/C33H32N6O5S2/c1-33(2,3)30(37-32(40)41)19-21-7-5-6-8-25(21)22-9-11-29(26(18-22)27-13-14-36-39(27)4)44-28-12-10-24(17-23(28)20-34)46(42,43)38-31-35-15-16-45-31/h5-18,30,37H,19H2,1-4H3,(H,35,38)(H,40,41). The van der Waals surface area contributed by atoms with Crippen molar-refractivity contribution in [2.45, 2.75) is 38.1 Å². The van der Waals surface area contributed by atoms with E-state index >= 15 is 0 Å². The molecule has 5 aromatic rings. The molecule has 0 aliphatic rings. The number of benzene rings is 3. The second-order valence-electron chi connectivity index (χ2n) is 11.6. The SMILES string of the molecule is Cn1nccc1-c1cc(-c2ccccc2CC(NC(=O)O)C(C)(C)C)ccc1Oc1ccc(S(=O)(=O)Nc2nccs2)cc1C#N. The number of nitrogens with zero attached hydrogens (tertiary/aromatic N) is 4. The fraction of sp³-hybridized carbons (Fsp3) is 0.212. The van der Waals surface area contributed by atoms with E-state index in [2.05, 4.69) is 20.1 Å². The van der Waals surface area contributed by atoms with Crippen molar-refractivity contribution in [1.82, 2.24) is 20.1 Å². The smallest absolute Gasteiger partial charge is 0.404 e. The van der Waals surface area contributed by atoms with Crippen molar-refractivity contribution < 1.29 is 23.1 Å². The second-order valence-corrected chi connectivity index (χ2v) is 14.2. The van der Waals surface area contributed by atoms with Crippen LogP contribution in [0, 0.1) is 16.7 Å². The van der Waals surface area contributed by atoms with Crippen molar-refractivity contribution >= 4 is 32.6 Å². The van der Waals surface area contributed by atoms with E-state index in [0.717, 1.165) is 33.7 Å². The first-order valence-electron chi connectivity index (χ1n) is 14.2. The molecule has 1 atom stereocenters. The van der Waals surface area contributed by atoms with E-state index in [1.807, 2.05) is 69.3 Å². The van der Waals surface area contributed by atoms with Gasteiger partial charge in [-0.05, 0) is 64.9 Å². The van der Waals surface area contributed by atoms with Gasteiger partial charge < -0.3 is 15.2 Å². The van der Waals surface area contributed by atoms with Gasteiger partial charge in [-0.3, -0.25) is 9.40 Å². The number of hydrogen-bond donors (Lipinski definition) is 3. The summed E-state index contributed by atoms with van der Waals surface area (Å²) in [5.74, 6) is 0.609. The third-order valence-electron chi connectivity index (χ3n) is 7.43. The Kier molecular flexibility index (Phi) is 9.13. The first-order chi connectivity index (χ1) is 21.9. The third-order valence-corrected chi connectivity index (χ3v) is 9.58. The van der Waals surface area contributed by atoms with Crippen LogP contribution in [0.2, 0.25) is 0 Å². The van der Waals surface area contributed by atoms with Crippen LogP contribution in [0.25, 0.3) is 22.4 Å². The number of rotatable bonds is 10. The van der Waals surface area contributed by atoms with Gasteiger partial charge in [-0.2, -0.15) is 10.4 Å². The van der Waals surface area contributed by atoms with Gasteiger partial charge in [0.25, 0.3) is 10.0 Å². The summed E-state index contributed by atoms with van der Waals surface area (Å²) < 4.78 is 36.3. The minimum Gasteiger partial charge on any atom is -0.465 e. The quantitative estimate of drug-likeness (QED) is 0.146. The highest BCUT2D eigenvalue weighted by atomic mass is 32.2. The van der Waals surface area contributed by atoms with Gasteiger partial charge in [0.05, 0.1) is 16.2 Å². The Balaban J connectivity index is 1.53. The molecule has 11 nitrogen and oxygen atoms in total. The van der Waals surface area contributed by atoms with Crippen LogP contribution in [-0.2, 0) is 23.5 Å². The molecule has 2 aromatic heterocycles. The molecule has 2 heterocycles. The zero-order valence-electron chi connectivity index (χ0n) is 25.6. The maximum atomic E-state index is 12.9. The third kappa shape index (κ3) is 7.20. The van der Waals surface area contributed by atoms with Crippen molar-refractivity contribution in [3.8, 4) is 40.0 Å². The number of nitriles is 1. The Bertz CT molecular complexity index is 2030. The van der Waals surface area contributed by atoms with Crippen molar-refractivity contribution in [3.05, 3.63) is 95.6 Å². The lowest BCUT2D eigenvalue weighted by Crippen LogP contribution is -2.44. The van der Waals surface area contributed by atoms with Gasteiger partial charge in [-0.25, -0.2) is 18.2 Å². The number of hydrogen-bond acceptors (Lipinski definition) is 8. The van der Waals surface area contributed by atoms with Crippen LogP contribution in [0.4, 0.5) is 9.93 Å². The summed E-state index contributed by atoms with van der Waals surface area (Å²) in [5.41, 5.74) is 3.92. The first kappa shape index (κ1) is 32.2. The predicted octanol–water partition coefficient (Wildman–Crippen LogP) is 6.90. The maximum absolute atomic E-state index is 12.9. The van der Waals surface area contributed by atoms with Crippen LogP contribution in [0.3, 0.4) is 0 Å². The van der Waals surface area contributed by atoms with E-state index in [0.29, 0.717) is 17.7 Å². The van der Waals surface area contributed by atoms with E-state index in [1.54, 1.807) is 29.4 Å². The molecular formula is C33H32N6O5S2. The topological polar surface area (TPSA) is 159 Å². The van der Waals surface area contributed by atoms with Crippen LogP contribution in [0.5, 0.6) is 11.5 Å². The van der Waals surface area contributed by atoms with Crippen LogP contribution in [-0.4, -0.2) is 40.4 Å². The highest BCUT2D eigenvalue weighted by molar-refractivity contribution is 7.93. The summed E-state index contributed by atoms with van der Waals surface area (Å²) >= 11 is 1.14. The van der Waals surface area contributed by atoms with Gasteiger partial charge in [0.15, 0.2) is 5.13 Å². The van der Waals surface area contributed by atoms with Crippen molar-refractivity contribution in [1.29, 1.82) is 5.26 Å². The van der Waals surface area contributed by atoms with Gasteiger partial charge in [0.1, 0.15) is 17.6 Å². The Labute approximate surface area is 271 Å². The van der Waals surface area contributed by atoms with E-state index in [4.69, 9.17) is 4.74 Å². The fourth-order valence-corrected chi connectivity index (χ4v) is 6.78. The number of aryl methyl sites for hydroxylation is 1. The van der Waals surface area contributed by atoms with Gasteiger partial charge >= 0.3 is 6.09 Å². The minimum atomic E-state index is -3.98. The average Bonchev–Trinajstić information content (AvgIpc) is 3.68. The zero-order chi connectivity index (χ0) is 33.1. The lowest BCUT2D eigenvalue weighted by molar-refractivity contribution is 0.174. The number of aromatic nitrogens is 3. The van der Waals surface area contributed by atoms with Gasteiger partial charge in [-0.1, -0.05) is 51.1 Å². The molecule has 1 unspecified atom stereocenters. The lowest BCUT2D eigenvalue weighted by atomic mass is 9.81. The fourth-order valence-electron chi connectivity index (χ4n) is 4.97. The van der Waals surface area contributed by atoms with Crippen LogP contribution in [0.15, 0.2) is 89.4 Å². The molecule has 0 radical (unpaired) electrons. The molecular weight excluding hydrogens is 625 g/mol. The zero-order valence-corrected chi connectivity index (χ0v) is 27.2.